The summed E-state index contributed by atoms with van der Waals surface area (Å²) in [6.07, 6.45) is 4.27. The van der Waals surface area contributed by atoms with Crippen LogP contribution < -0.4 is 5.32 Å². The van der Waals surface area contributed by atoms with Gasteiger partial charge < -0.3 is 5.32 Å². The summed E-state index contributed by atoms with van der Waals surface area (Å²) in [5.74, 6) is 1.19. The molecule has 2 aromatic carbocycles. The molecule has 1 heterocycles. The van der Waals surface area contributed by atoms with E-state index in [4.69, 9.17) is 4.98 Å². The summed E-state index contributed by atoms with van der Waals surface area (Å²) in [5, 5.41) is 4.34. The number of fused-ring (bicyclic) bond motifs is 1. The van der Waals surface area contributed by atoms with Crippen molar-refractivity contribution in [3.63, 3.8) is 0 Å². The number of nitrogens with one attached hydrogen (secondary N) is 1. The minimum Gasteiger partial charge on any atom is -0.349 e. The summed E-state index contributed by atoms with van der Waals surface area (Å²) in [6.45, 7) is 6.69. The van der Waals surface area contributed by atoms with Crippen LogP contribution in [0.1, 0.15) is 56.0 Å². The fraction of sp³-hybridized carbons (Fsp3) is 0.385. The van der Waals surface area contributed by atoms with E-state index < -0.39 is 0 Å². The average molecular weight is 387 g/mol. The zero-order valence-electron chi connectivity index (χ0n) is 17.6. The van der Waals surface area contributed by atoms with Crippen molar-refractivity contribution in [1.29, 1.82) is 0 Å². The van der Waals surface area contributed by atoms with E-state index in [0.717, 1.165) is 46.1 Å². The van der Waals surface area contributed by atoms with E-state index in [1.807, 2.05) is 42.5 Å². The van der Waals surface area contributed by atoms with Crippen LogP contribution in [0.4, 0.5) is 0 Å². The van der Waals surface area contributed by atoms with Crippen molar-refractivity contribution in [3.05, 3.63) is 65.7 Å². The predicted octanol–water partition coefficient (Wildman–Crippen LogP) is 6.02. The van der Waals surface area contributed by atoms with Crippen molar-refractivity contribution in [2.75, 3.05) is 0 Å². The molecule has 1 aliphatic rings. The second kappa shape index (κ2) is 8.36. The molecule has 3 atom stereocenters. The Balaban J connectivity index is 1.83. The van der Waals surface area contributed by atoms with E-state index in [0.29, 0.717) is 11.8 Å². The fourth-order valence-corrected chi connectivity index (χ4v) is 4.72. The van der Waals surface area contributed by atoms with Crippen molar-refractivity contribution in [2.24, 2.45) is 11.8 Å². The Morgan fingerprint density at radius 1 is 1.03 bits per heavy atom. The Bertz CT molecular complexity index is 1010. The standard InChI is InChI=1S/C26H30N2O/c1-4-20-24(26(29)28-22-16-10-11-17(2)18(22)3)21-14-8-9-15-23(21)27-25(20)19-12-6-5-7-13-19/h5-9,12-15,17-18,22H,4,10-11,16H2,1-3H3,(H,28,29)/t17-,18+,22-/m1/s1. The van der Waals surface area contributed by atoms with Gasteiger partial charge in [0.25, 0.3) is 5.91 Å². The van der Waals surface area contributed by atoms with Gasteiger partial charge in [-0.25, -0.2) is 4.98 Å². The van der Waals surface area contributed by atoms with Gasteiger partial charge in [0.1, 0.15) is 0 Å². The molecule has 0 aliphatic heterocycles. The number of hydrogen-bond acceptors (Lipinski definition) is 2. The molecular formula is C26H30N2O. The fourth-order valence-electron chi connectivity index (χ4n) is 4.72. The Hall–Kier alpha value is -2.68. The summed E-state index contributed by atoms with van der Waals surface area (Å²) < 4.78 is 0. The third-order valence-electron chi connectivity index (χ3n) is 6.64. The minimum atomic E-state index is 0.0450. The monoisotopic (exact) mass is 386 g/mol. The Morgan fingerprint density at radius 3 is 2.52 bits per heavy atom. The lowest BCUT2D eigenvalue weighted by atomic mass is 9.78. The summed E-state index contributed by atoms with van der Waals surface area (Å²) >= 11 is 0. The zero-order chi connectivity index (χ0) is 20.4. The number of carbonyl (C=O) groups is 1. The highest BCUT2D eigenvalue weighted by atomic mass is 16.1. The number of amides is 1. The normalized spacial score (nSPS) is 21.8. The first-order valence-electron chi connectivity index (χ1n) is 10.9. The van der Waals surface area contributed by atoms with Crippen LogP contribution in [0.3, 0.4) is 0 Å². The van der Waals surface area contributed by atoms with Gasteiger partial charge in [0.05, 0.1) is 16.8 Å². The molecule has 0 saturated heterocycles. The Morgan fingerprint density at radius 2 is 1.76 bits per heavy atom. The van der Waals surface area contributed by atoms with E-state index >= 15 is 0 Å². The van der Waals surface area contributed by atoms with Crippen LogP contribution in [0, 0.1) is 11.8 Å². The molecule has 0 bridgehead atoms. The van der Waals surface area contributed by atoms with Gasteiger partial charge in [0.2, 0.25) is 0 Å². The van der Waals surface area contributed by atoms with Gasteiger partial charge in [-0.3, -0.25) is 4.79 Å². The van der Waals surface area contributed by atoms with Gasteiger partial charge in [-0.15, -0.1) is 0 Å². The molecule has 1 saturated carbocycles. The first kappa shape index (κ1) is 19.6. The number of hydrogen-bond donors (Lipinski definition) is 1. The number of carbonyl (C=O) groups excluding carboxylic acids is 1. The van der Waals surface area contributed by atoms with Gasteiger partial charge in [0.15, 0.2) is 0 Å². The zero-order valence-corrected chi connectivity index (χ0v) is 17.6. The van der Waals surface area contributed by atoms with Crippen LogP contribution in [0.5, 0.6) is 0 Å². The lowest BCUT2D eigenvalue weighted by molar-refractivity contribution is 0.0892. The molecule has 29 heavy (non-hydrogen) atoms. The van der Waals surface area contributed by atoms with Gasteiger partial charge in [-0.2, -0.15) is 0 Å². The number of rotatable bonds is 4. The van der Waals surface area contributed by atoms with Gasteiger partial charge in [-0.1, -0.05) is 82.1 Å². The number of pyridine rings is 1. The van der Waals surface area contributed by atoms with Crippen molar-refractivity contribution >= 4 is 16.8 Å². The van der Waals surface area contributed by atoms with Crippen LogP contribution in [0.2, 0.25) is 0 Å². The molecule has 4 rings (SSSR count). The first-order valence-corrected chi connectivity index (χ1v) is 10.9. The van der Waals surface area contributed by atoms with Crippen LogP contribution in [-0.4, -0.2) is 16.9 Å². The summed E-state index contributed by atoms with van der Waals surface area (Å²) in [4.78, 5) is 18.6. The first-order chi connectivity index (χ1) is 14.1. The second-order valence-corrected chi connectivity index (χ2v) is 8.40. The molecule has 0 radical (unpaired) electrons. The predicted molar refractivity (Wildman–Crippen MR) is 120 cm³/mol. The molecule has 1 aliphatic carbocycles. The van der Waals surface area contributed by atoms with E-state index in [9.17, 15) is 4.79 Å². The quantitative estimate of drug-likeness (QED) is 0.596. The Kier molecular flexibility index (Phi) is 5.66. The highest BCUT2D eigenvalue weighted by molar-refractivity contribution is 6.09. The van der Waals surface area contributed by atoms with E-state index in [2.05, 4.69) is 38.2 Å². The second-order valence-electron chi connectivity index (χ2n) is 8.40. The lowest BCUT2D eigenvalue weighted by Crippen LogP contribution is -2.44. The van der Waals surface area contributed by atoms with Gasteiger partial charge in [0, 0.05) is 17.0 Å². The number of para-hydroxylation sites is 1. The third-order valence-corrected chi connectivity index (χ3v) is 6.64. The van der Waals surface area contributed by atoms with Crippen molar-refractivity contribution in [1.82, 2.24) is 10.3 Å². The topological polar surface area (TPSA) is 42.0 Å². The Labute approximate surface area is 173 Å². The average Bonchev–Trinajstić information content (AvgIpc) is 2.76. The number of benzene rings is 2. The molecule has 0 spiro atoms. The number of aromatic nitrogens is 1. The molecule has 3 aromatic rings. The molecule has 1 aromatic heterocycles. The van der Waals surface area contributed by atoms with Gasteiger partial charge in [-0.05, 0) is 36.3 Å². The van der Waals surface area contributed by atoms with E-state index in [-0.39, 0.29) is 11.9 Å². The maximum atomic E-state index is 13.6. The SMILES string of the molecule is CCc1c(-c2ccccc2)nc2ccccc2c1C(=O)N[C@@H]1CCC[C@@H](C)[C@@H]1C. The highest BCUT2D eigenvalue weighted by Crippen LogP contribution is 2.33. The molecule has 1 amide bonds. The molecule has 150 valence electrons. The maximum Gasteiger partial charge on any atom is 0.252 e. The van der Waals surface area contributed by atoms with Crippen molar-refractivity contribution < 1.29 is 4.79 Å². The minimum absolute atomic E-state index is 0.0450. The number of nitrogens with zero attached hydrogens (tertiary/aromatic N) is 1. The maximum absolute atomic E-state index is 13.6. The largest absolute Gasteiger partial charge is 0.349 e. The molecule has 0 unspecified atom stereocenters. The third kappa shape index (κ3) is 3.78. The van der Waals surface area contributed by atoms with Crippen LogP contribution >= 0.6 is 0 Å². The van der Waals surface area contributed by atoms with E-state index in [1.165, 1.54) is 12.8 Å². The summed E-state index contributed by atoms with van der Waals surface area (Å²) in [6, 6.07) is 18.5. The van der Waals surface area contributed by atoms with Crippen LogP contribution in [0.15, 0.2) is 54.6 Å². The summed E-state index contributed by atoms with van der Waals surface area (Å²) in [7, 11) is 0. The van der Waals surface area contributed by atoms with E-state index in [1.54, 1.807) is 0 Å². The van der Waals surface area contributed by atoms with Gasteiger partial charge >= 0.3 is 0 Å². The molecule has 1 N–H and O–H groups in total. The highest BCUT2D eigenvalue weighted by Gasteiger charge is 2.30. The smallest absolute Gasteiger partial charge is 0.252 e. The lowest BCUT2D eigenvalue weighted by Gasteiger charge is -2.34. The van der Waals surface area contributed by atoms with Crippen LogP contribution in [0.25, 0.3) is 22.2 Å². The van der Waals surface area contributed by atoms with Crippen molar-refractivity contribution in [3.8, 4) is 11.3 Å². The van der Waals surface area contributed by atoms with Crippen molar-refractivity contribution in [2.45, 2.75) is 52.5 Å². The van der Waals surface area contributed by atoms with Crippen LogP contribution in [-0.2, 0) is 6.42 Å². The molecule has 1 fully saturated rings. The molecule has 3 heteroatoms. The molecular weight excluding hydrogens is 356 g/mol. The summed E-state index contributed by atoms with van der Waals surface area (Å²) in [5.41, 5.74) is 4.68. The molecule has 3 nitrogen and oxygen atoms in total.